The molecule has 2 saturated heterocycles. The molecular formula is C20H40IN5O3. The Morgan fingerprint density at radius 2 is 1.83 bits per heavy atom. The lowest BCUT2D eigenvalue weighted by Gasteiger charge is -2.38. The number of rotatable bonds is 6. The third kappa shape index (κ3) is 10.2. The van der Waals surface area contributed by atoms with Crippen molar-refractivity contribution in [1.29, 1.82) is 0 Å². The van der Waals surface area contributed by atoms with E-state index in [4.69, 9.17) is 15.2 Å². The lowest BCUT2D eigenvalue weighted by molar-refractivity contribution is 0.0127. The van der Waals surface area contributed by atoms with E-state index in [2.05, 4.69) is 22.1 Å². The molecule has 0 atom stereocenters. The van der Waals surface area contributed by atoms with Crippen molar-refractivity contribution in [3.05, 3.63) is 0 Å². The second-order valence-electron chi connectivity index (χ2n) is 9.21. The first-order chi connectivity index (χ1) is 13.2. The van der Waals surface area contributed by atoms with Crippen molar-refractivity contribution < 1.29 is 14.3 Å². The van der Waals surface area contributed by atoms with Gasteiger partial charge in [0.05, 0.1) is 13.2 Å². The summed E-state index contributed by atoms with van der Waals surface area (Å²) in [5.74, 6) is 0.512. The van der Waals surface area contributed by atoms with Gasteiger partial charge in [0.25, 0.3) is 0 Å². The summed E-state index contributed by atoms with van der Waals surface area (Å²) < 4.78 is 10.8. The number of nitrogens with one attached hydrogen (secondary N) is 1. The second-order valence-corrected chi connectivity index (χ2v) is 9.21. The highest BCUT2D eigenvalue weighted by Crippen LogP contribution is 2.31. The summed E-state index contributed by atoms with van der Waals surface area (Å²) in [4.78, 5) is 20.9. The van der Waals surface area contributed by atoms with Gasteiger partial charge in [-0.05, 0) is 52.0 Å². The van der Waals surface area contributed by atoms with Crippen molar-refractivity contribution in [1.82, 2.24) is 15.1 Å². The Hall–Kier alpha value is -0.810. The van der Waals surface area contributed by atoms with Crippen molar-refractivity contribution in [3.8, 4) is 0 Å². The summed E-state index contributed by atoms with van der Waals surface area (Å²) in [6.07, 6.45) is 2.62. The van der Waals surface area contributed by atoms with Gasteiger partial charge in [-0.2, -0.15) is 0 Å². The van der Waals surface area contributed by atoms with Gasteiger partial charge in [0, 0.05) is 39.3 Å². The number of nitrogens with two attached hydrogens (primary N) is 1. The maximum Gasteiger partial charge on any atom is 0.410 e. The van der Waals surface area contributed by atoms with Gasteiger partial charge in [0.15, 0.2) is 5.96 Å². The van der Waals surface area contributed by atoms with E-state index in [-0.39, 0.29) is 35.5 Å². The van der Waals surface area contributed by atoms with Crippen LogP contribution in [0.15, 0.2) is 4.99 Å². The molecule has 9 heteroatoms. The first-order valence-electron chi connectivity index (χ1n) is 10.5. The van der Waals surface area contributed by atoms with Gasteiger partial charge in [-0.25, -0.2) is 4.79 Å². The summed E-state index contributed by atoms with van der Waals surface area (Å²) in [5.41, 5.74) is 5.65. The highest BCUT2D eigenvalue weighted by Gasteiger charge is 2.33. The fourth-order valence-corrected chi connectivity index (χ4v) is 3.39. The smallest absolute Gasteiger partial charge is 0.410 e. The predicted octanol–water partition coefficient (Wildman–Crippen LogP) is 2.27. The quantitative estimate of drug-likeness (QED) is 0.239. The molecule has 0 spiro atoms. The first-order valence-corrected chi connectivity index (χ1v) is 10.5. The average Bonchev–Trinajstić information content (AvgIpc) is 2.64. The van der Waals surface area contributed by atoms with Crippen LogP contribution in [-0.4, -0.2) is 86.5 Å². The minimum Gasteiger partial charge on any atom is -0.444 e. The lowest BCUT2D eigenvalue weighted by Crippen LogP contribution is -2.45. The maximum absolute atomic E-state index is 12.2. The van der Waals surface area contributed by atoms with Crippen molar-refractivity contribution in [3.63, 3.8) is 0 Å². The van der Waals surface area contributed by atoms with E-state index in [1.54, 1.807) is 4.90 Å². The molecule has 8 nitrogen and oxygen atoms in total. The molecule has 0 aromatic carbocycles. The maximum atomic E-state index is 12.2. The summed E-state index contributed by atoms with van der Waals surface area (Å²) in [6.45, 7) is 15.6. The van der Waals surface area contributed by atoms with Crippen molar-refractivity contribution in [2.24, 2.45) is 16.1 Å². The molecule has 0 aromatic heterocycles. The van der Waals surface area contributed by atoms with Crippen LogP contribution in [0.25, 0.3) is 0 Å². The number of amides is 1. The molecule has 29 heavy (non-hydrogen) atoms. The number of carbonyl (C=O) groups excluding carboxylic acids is 1. The molecule has 0 aliphatic carbocycles. The van der Waals surface area contributed by atoms with Gasteiger partial charge in [-0.3, -0.25) is 9.89 Å². The molecule has 2 fully saturated rings. The van der Waals surface area contributed by atoms with Crippen LogP contribution in [-0.2, 0) is 9.47 Å². The number of hydrogen-bond donors (Lipinski definition) is 2. The standard InChI is InChI=1S/C20H39N5O3.HI/c1-19(2,3)28-18(26)25-10-6-20(4,7-11-25)16-23-17(21)22-8-5-9-24-12-14-27-15-13-24;/h5-16H2,1-4H3,(H3,21,22,23);1H. The number of guanidine groups is 1. The Morgan fingerprint density at radius 3 is 2.41 bits per heavy atom. The zero-order valence-corrected chi connectivity index (χ0v) is 20.9. The number of carbonyl (C=O) groups is 1. The zero-order valence-electron chi connectivity index (χ0n) is 18.5. The third-order valence-corrected chi connectivity index (χ3v) is 5.31. The molecule has 0 bridgehead atoms. The summed E-state index contributed by atoms with van der Waals surface area (Å²) in [6, 6.07) is 0. The number of nitrogens with zero attached hydrogens (tertiary/aromatic N) is 3. The van der Waals surface area contributed by atoms with Crippen molar-refractivity contribution in [2.45, 2.75) is 52.6 Å². The minimum absolute atomic E-state index is 0. The van der Waals surface area contributed by atoms with Gasteiger partial charge < -0.3 is 25.4 Å². The molecule has 2 rings (SSSR count). The minimum atomic E-state index is -0.454. The summed E-state index contributed by atoms with van der Waals surface area (Å²) in [5, 5.41) is 3.22. The monoisotopic (exact) mass is 525 g/mol. The van der Waals surface area contributed by atoms with Gasteiger partial charge in [-0.15, -0.1) is 24.0 Å². The van der Waals surface area contributed by atoms with Crippen LogP contribution in [0.5, 0.6) is 0 Å². The Kier molecular flexibility index (Phi) is 11.0. The number of hydrogen-bond acceptors (Lipinski definition) is 5. The van der Waals surface area contributed by atoms with E-state index in [9.17, 15) is 4.79 Å². The molecule has 3 N–H and O–H groups in total. The molecule has 0 saturated carbocycles. The largest absolute Gasteiger partial charge is 0.444 e. The van der Waals surface area contributed by atoms with E-state index in [0.717, 1.165) is 58.7 Å². The fraction of sp³-hybridized carbons (Fsp3) is 0.900. The normalized spacial score (nSPS) is 20.7. The molecule has 1 amide bonds. The molecule has 0 radical (unpaired) electrons. The van der Waals surface area contributed by atoms with E-state index >= 15 is 0 Å². The fourth-order valence-electron chi connectivity index (χ4n) is 3.39. The predicted molar refractivity (Wildman–Crippen MR) is 127 cm³/mol. The molecule has 0 unspecified atom stereocenters. The molecule has 2 aliphatic rings. The Morgan fingerprint density at radius 1 is 1.21 bits per heavy atom. The number of morpholine rings is 1. The molecule has 170 valence electrons. The van der Waals surface area contributed by atoms with E-state index in [1.165, 1.54) is 0 Å². The SMILES string of the molecule is CC1(CN=C(N)NCCCN2CCOCC2)CCN(C(=O)OC(C)(C)C)CC1.I. The van der Waals surface area contributed by atoms with E-state index in [1.807, 2.05) is 20.8 Å². The van der Waals surface area contributed by atoms with Crippen LogP contribution in [0.3, 0.4) is 0 Å². The average molecular weight is 525 g/mol. The van der Waals surface area contributed by atoms with Crippen molar-refractivity contribution >= 4 is 36.0 Å². The van der Waals surface area contributed by atoms with Gasteiger partial charge in [0.2, 0.25) is 0 Å². The number of ether oxygens (including phenoxy) is 2. The number of likely N-dealkylation sites (tertiary alicyclic amines) is 1. The second kappa shape index (κ2) is 12.1. The molecule has 2 heterocycles. The van der Waals surface area contributed by atoms with Gasteiger partial charge in [0.1, 0.15) is 5.60 Å². The Bertz CT molecular complexity index is 525. The van der Waals surface area contributed by atoms with Gasteiger partial charge >= 0.3 is 6.09 Å². The molecule has 0 aromatic rings. The molecular weight excluding hydrogens is 485 g/mol. The third-order valence-electron chi connectivity index (χ3n) is 5.31. The Balaban J connectivity index is 0.00000420. The topological polar surface area (TPSA) is 92.4 Å². The van der Waals surface area contributed by atoms with Crippen LogP contribution in [0.1, 0.15) is 47.0 Å². The molecule has 2 aliphatic heterocycles. The highest BCUT2D eigenvalue weighted by molar-refractivity contribution is 14.0. The van der Waals surface area contributed by atoms with E-state index < -0.39 is 5.60 Å². The van der Waals surface area contributed by atoms with E-state index in [0.29, 0.717) is 25.6 Å². The Labute approximate surface area is 192 Å². The number of halogens is 1. The van der Waals surface area contributed by atoms with Crippen molar-refractivity contribution in [2.75, 3.05) is 59.0 Å². The van der Waals surface area contributed by atoms with Crippen LogP contribution in [0, 0.1) is 5.41 Å². The highest BCUT2D eigenvalue weighted by atomic mass is 127. The van der Waals surface area contributed by atoms with Crippen LogP contribution in [0.2, 0.25) is 0 Å². The lowest BCUT2D eigenvalue weighted by atomic mass is 9.80. The number of aliphatic imine (C=N–C) groups is 1. The first kappa shape index (κ1) is 26.2. The van der Waals surface area contributed by atoms with Gasteiger partial charge in [-0.1, -0.05) is 6.92 Å². The summed E-state index contributed by atoms with van der Waals surface area (Å²) in [7, 11) is 0. The van der Waals surface area contributed by atoms with Crippen LogP contribution < -0.4 is 11.1 Å². The van der Waals surface area contributed by atoms with Crippen LogP contribution >= 0.6 is 24.0 Å². The number of piperidine rings is 1. The summed E-state index contributed by atoms with van der Waals surface area (Å²) >= 11 is 0. The zero-order chi connectivity index (χ0) is 20.6. The van der Waals surface area contributed by atoms with Crippen LogP contribution in [0.4, 0.5) is 4.79 Å².